The van der Waals surface area contributed by atoms with Crippen LogP contribution in [0.25, 0.3) is 0 Å². The number of para-hydroxylation sites is 1. The number of carbonyl (C=O) groups is 1. The minimum absolute atomic E-state index is 0.394. The minimum Gasteiger partial charge on any atom is -0.368 e. The van der Waals surface area contributed by atoms with Crippen LogP contribution in [0.15, 0.2) is 65.0 Å². The number of rotatable bonds is 6. The van der Waals surface area contributed by atoms with Gasteiger partial charge in [0.25, 0.3) is 0 Å². The van der Waals surface area contributed by atoms with Crippen LogP contribution >= 0.6 is 23.1 Å². The molecule has 0 aliphatic rings. The molecule has 2 aromatic carbocycles. The van der Waals surface area contributed by atoms with Gasteiger partial charge in [0.05, 0.1) is 0 Å². The summed E-state index contributed by atoms with van der Waals surface area (Å²) >= 11 is 2.70. The summed E-state index contributed by atoms with van der Waals surface area (Å²) in [6.45, 7) is 0. The van der Waals surface area contributed by atoms with Gasteiger partial charge in [0, 0.05) is 5.69 Å². The Labute approximate surface area is 141 Å². The molecule has 0 radical (unpaired) electrons. The molecule has 0 fully saturated rings. The molecule has 1 aromatic heterocycles. The number of carbonyl (C=O) groups excluding carboxylic acids is 1. The maximum Gasteiger partial charge on any atom is 0.235 e. The number of nitrogens with one attached hydrogen (secondary N) is 1. The summed E-state index contributed by atoms with van der Waals surface area (Å²) in [5, 5.41) is 11.6. The average molecular weight is 342 g/mol. The van der Waals surface area contributed by atoms with Gasteiger partial charge in [-0.25, -0.2) is 0 Å². The first-order chi connectivity index (χ1) is 11.2. The molecule has 3 aromatic rings. The van der Waals surface area contributed by atoms with Crippen molar-refractivity contribution in [2.45, 2.75) is 9.59 Å². The Kier molecular flexibility index (Phi) is 4.89. The Morgan fingerprint density at radius 2 is 1.70 bits per heavy atom. The van der Waals surface area contributed by atoms with Gasteiger partial charge in [-0.15, -0.1) is 10.2 Å². The lowest BCUT2D eigenvalue weighted by Gasteiger charge is -2.10. The van der Waals surface area contributed by atoms with Gasteiger partial charge in [-0.05, 0) is 17.7 Å². The van der Waals surface area contributed by atoms with Crippen LogP contribution in [0.1, 0.15) is 10.8 Å². The molecule has 3 rings (SSSR count). The quantitative estimate of drug-likeness (QED) is 0.669. The third kappa shape index (κ3) is 4.08. The van der Waals surface area contributed by atoms with E-state index in [1.54, 1.807) is 0 Å². The first kappa shape index (κ1) is 15.5. The zero-order valence-electron chi connectivity index (χ0n) is 12.0. The number of hydrogen-bond acceptors (Lipinski definition) is 6. The molecule has 0 saturated carbocycles. The summed E-state index contributed by atoms with van der Waals surface area (Å²) in [6.07, 6.45) is 0. The molecule has 0 aliphatic carbocycles. The van der Waals surface area contributed by atoms with E-state index in [1.165, 1.54) is 23.1 Å². The first-order valence-corrected chi connectivity index (χ1v) is 8.58. The standard InChI is InChI=1S/C16H14N4OS2/c17-14(21)13(11-7-3-1-4-8-11)22-16-20-19-15(23-16)18-12-9-5-2-6-10-12/h1-10,13H,(H2,17,21)(H,18,19). The Balaban J connectivity index is 1.73. The highest BCUT2D eigenvalue weighted by Crippen LogP contribution is 2.37. The summed E-state index contributed by atoms with van der Waals surface area (Å²) in [7, 11) is 0. The molecule has 0 spiro atoms. The number of primary amides is 1. The van der Waals surface area contributed by atoms with Gasteiger partial charge in [-0.1, -0.05) is 71.6 Å². The number of thioether (sulfide) groups is 1. The number of anilines is 2. The van der Waals surface area contributed by atoms with Crippen LogP contribution in [0.5, 0.6) is 0 Å². The van der Waals surface area contributed by atoms with E-state index in [0.717, 1.165) is 11.3 Å². The van der Waals surface area contributed by atoms with Crippen molar-refractivity contribution >= 4 is 39.8 Å². The van der Waals surface area contributed by atoms with Crippen LogP contribution < -0.4 is 11.1 Å². The first-order valence-electron chi connectivity index (χ1n) is 6.89. The van der Waals surface area contributed by atoms with E-state index in [1.807, 2.05) is 60.7 Å². The van der Waals surface area contributed by atoms with Crippen molar-refractivity contribution in [3.05, 3.63) is 66.2 Å². The summed E-state index contributed by atoms with van der Waals surface area (Å²) < 4.78 is 0.691. The normalized spacial score (nSPS) is 11.8. The third-order valence-electron chi connectivity index (χ3n) is 3.01. The highest BCUT2D eigenvalue weighted by molar-refractivity contribution is 8.01. The van der Waals surface area contributed by atoms with Crippen LogP contribution in [0, 0.1) is 0 Å². The molecule has 1 amide bonds. The lowest BCUT2D eigenvalue weighted by molar-refractivity contribution is -0.117. The molecule has 1 unspecified atom stereocenters. The third-order valence-corrected chi connectivity index (χ3v) is 5.21. The predicted molar refractivity (Wildman–Crippen MR) is 93.9 cm³/mol. The number of amides is 1. The fourth-order valence-corrected chi connectivity index (χ4v) is 3.89. The van der Waals surface area contributed by atoms with Crippen molar-refractivity contribution in [2.24, 2.45) is 5.73 Å². The van der Waals surface area contributed by atoms with Crippen LogP contribution in [-0.4, -0.2) is 16.1 Å². The molecule has 3 N–H and O–H groups in total. The average Bonchev–Trinajstić information content (AvgIpc) is 3.01. The van der Waals surface area contributed by atoms with Crippen LogP contribution in [0.4, 0.5) is 10.8 Å². The maximum atomic E-state index is 11.7. The highest BCUT2D eigenvalue weighted by atomic mass is 32.2. The molecule has 1 heterocycles. The van der Waals surface area contributed by atoms with E-state index in [-0.39, 0.29) is 0 Å². The van der Waals surface area contributed by atoms with Crippen molar-refractivity contribution in [2.75, 3.05) is 5.32 Å². The second-order valence-corrected chi connectivity index (χ2v) is 7.00. The van der Waals surface area contributed by atoms with E-state index in [9.17, 15) is 4.79 Å². The fraction of sp³-hybridized carbons (Fsp3) is 0.0625. The highest BCUT2D eigenvalue weighted by Gasteiger charge is 2.21. The van der Waals surface area contributed by atoms with E-state index in [4.69, 9.17) is 5.73 Å². The topological polar surface area (TPSA) is 80.9 Å². The van der Waals surface area contributed by atoms with Crippen LogP contribution in [0.3, 0.4) is 0 Å². The molecule has 1 atom stereocenters. The molecule has 116 valence electrons. The second kappa shape index (κ2) is 7.26. The maximum absolute atomic E-state index is 11.7. The minimum atomic E-state index is -0.478. The smallest absolute Gasteiger partial charge is 0.235 e. The summed E-state index contributed by atoms with van der Waals surface area (Å²) in [6, 6.07) is 19.2. The van der Waals surface area contributed by atoms with Crippen molar-refractivity contribution in [3.8, 4) is 0 Å². The summed E-state index contributed by atoms with van der Waals surface area (Å²) in [4.78, 5) is 11.7. The summed E-state index contributed by atoms with van der Waals surface area (Å²) in [5.74, 6) is -0.394. The molecule has 23 heavy (non-hydrogen) atoms. The van der Waals surface area contributed by atoms with Gasteiger partial charge < -0.3 is 11.1 Å². The Bertz CT molecular complexity index is 777. The molecular weight excluding hydrogens is 328 g/mol. The fourth-order valence-electron chi connectivity index (χ4n) is 1.97. The predicted octanol–water partition coefficient (Wildman–Crippen LogP) is 3.60. The summed E-state index contributed by atoms with van der Waals surface area (Å²) in [5.41, 5.74) is 7.33. The SMILES string of the molecule is NC(=O)C(Sc1nnc(Nc2ccccc2)s1)c1ccccc1. The van der Waals surface area contributed by atoms with E-state index in [0.29, 0.717) is 9.47 Å². The van der Waals surface area contributed by atoms with Gasteiger partial charge in [-0.2, -0.15) is 0 Å². The van der Waals surface area contributed by atoms with E-state index in [2.05, 4.69) is 15.5 Å². The lowest BCUT2D eigenvalue weighted by Crippen LogP contribution is -2.18. The van der Waals surface area contributed by atoms with Crippen molar-refractivity contribution < 1.29 is 4.79 Å². The van der Waals surface area contributed by atoms with Crippen molar-refractivity contribution in [3.63, 3.8) is 0 Å². The zero-order valence-corrected chi connectivity index (χ0v) is 13.7. The van der Waals surface area contributed by atoms with Gasteiger partial charge in [0.2, 0.25) is 11.0 Å². The van der Waals surface area contributed by atoms with Gasteiger partial charge in [-0.3, -0.25) is 4.79 Å². The zero-order chi connectivity index (χ0) is 16.1. The number of aromatic nitrogens is 2. The Morgan fingerprint density at radius 3 is 2.35 bits per heavy atom. The molecule has 5 nitrogen and oxygen atoms in total. The van der Waals surface area contributed by atoms with Crippen molar-refractivity contribution in [1.82, 2.24) is 10.2 Å². The van der Waals surface area contributed by atoms with Crippen LogP contribution in [0.2, 0.25) is 0 Å². The number of nitrogens with zero attached hydrogens (tertiary/aromatic N) is 2. The van der Waals surface area contributed by atoms with Crippen molar-refractivity contribution in [1.29, 1.82) is 0 Å². The largest absolute Gasteiger partial charge is 0.368 e. The second-order valence-electron chi connectivity index (χ2n) is 4.68. The van der Waals surface area contributed by atoms with Gasteiger partial charge in [0.15, 0.2) is 4.34 Å². The van der Waals surface area contributed by atoms with E-state index < -0.39 is 11.2 Å². The molecular formula is C16H14N4OS2. The monoisotopic (exact) mass is 342 g/mol. The van der Waals surface area contributed by atoms with Gasteiger partial charge >= 0.3 is 0 Å². The lowest BCUT2D eigenvalue weighted by atomic mass is 10.1. The van der Waals surface area contributed by atoms with Crippen LogP contribution in [-0.2, 0) is 4.79 Å². The number of benzene rings is 2. The molecule has 0 bridgehead atoms. The molecule has 0 saturated heterocycles. The number of nitrogens with two attached hydrogens (primary N) is 1. The Morgan fingerprint density at radius 1 is 1.04 bits per heavy atom. The number of hydrogen-bond donors (Lipinski definition) is 2. The van der Waals surface area contributed by atoms with Gasteiger partial charge in [0.1, 0.15) is 5.25 Å². The van der Waals surface area contributed by atoms with E-state index >= 15 is 0 Å². The Hall–Kier alpha value is -2.38. The molecule has 7 heteroatoms. The molecule has 0 aliphatic heterocycles.